The minimum absolute atomic E-state index is 0.0309. The number of likely N-dealkylation sites (N-methyl/N-ethyl adjacent to an activating group) is 1. The summed E-state index contributed by atoms with van der Waals surface area (Å²) in [5.74, 6) is 0.0309. The van der Waals surface area contributed by atoms with E-state index in [-0.39, 0.29) is 11.4 Å². The van der Waals surface area contributed by atoms with Crippen molar-refractivity contribution in [3.63, 3.8) is 0 Å². The first-order valence-electron chi connectivity index (χ1n) is 8.32. The van der Waals surface area contributed by atoms with Crippen molar-refractivity contribution in [3.8, 4) is 11.3 Å². The fourth-order valence-corrected chi connectivity index (χ4v) is 3.65. The highest BCUT2D eigenvalue weighted by Gasteiger charge is 2.16. The van der Waals surface area contributed by atoms with Gasteiger partial charge in [0.05, 0.1) is 18.8 Å². The molecule has 3 rings (SSSR count). The van der Waals surface area contributed by atoms with Crippen molar-refractivity contribution in [1.29, 1.82) is 0 Å². The lowest BCUT2D eigenvalue weighted by atomic mass is 10.1. The van der Waals surface area contributed by atoms with Crippen LogP contribution in [-0.4, -0.2) is 39.9 Å². The second kappa shape index (κ2) is 6.98. The third-order valence-corrected chi connectivity index (χ3v) is 4.58. The summed E-state index contributed by atoms with van der Waals surface area (Å²) in [5, 5.41) is 7.24. The maximum absolute atomic E-state index is 12.0. The Kier molecular flexibility index (Phi) is 4.92. The van der Waals surface area contributed by atoms with Gasteiger partial charge in [0, 0.05) is 33.6 Å². The number of thiazole rings is 1. The molecule has 0 fully saturated rings. The van der Waals surface area contributed by atoms with Crippen LogP contribution in [0.5, 0.6) is 0 Å². The van der Waals surface area contributed by atoms with E-state index in [1.54, 1.807) is 11.3 Å². The van der Waals surface area contributed by atoms with Gasteiger partial charge >= 0.3 is 0 Å². The van der Waals surface area contributed by atoms with Crippen LogP contribution in [-0.2, 0) is 11.3 Å². The molecule has 25 heavy (non-hydrogen) atoms. The van der Waals surface area contributed by atoms with Gasteiger partial charge in [0.25, 0.3) is 0 Å². The number of para-hydroxylation sites is 1. The largest absolute Gasteiger partial charge is 0.360 e. The number of carbonyl (C=O) groups excluding carboxylic acids is 1. The molecular formula is C19H24N4OS. The zero-order chi connectivity index (χ0) is 18.0. The quantitative estimate of drug-likeness (QED) is 0.734. The maximum Gasteiger partial charge on any atom is 0.234 e. The Bertz CT molecular complexity index is 875. The molecule has 0 unspecified atom stereocenters. The number of benzene rings is 1. The minimum atomic E-state index is -0.207. The SMILES string of the molecule is CN(CC(=O)NC(C)(C)C)Cc1nc(-c2c[nH]c3ccccc23)cs1. The zero-order valence-electron chi connectivity index (χ0n) is 15.1. The Hall–Kier alpha value is -2.18. The number of fused-ring (bicyclic) bond motifs is 1. The maximum atomic E-state index is 12.0. The molecule has 2 aromatic heterocycles. The number of H-pyrrole nitrogens is 1. The molecule has 2 heterocycles. The molecule has 5 nitrogen and oxygen atoms in total. The molecule has 1 amide bonds. The van der Waals surface area contributed by atoms with Crippen molar-refractivity contribution < 1.29 is 4.79 Å². The average Bonchev–Trinajstić information content (AvgIpc) is 3.11. The Balaban J connectivity index is 1.67. The van der Waals surface area contributed by atoms with Crippen LogP contribution < -0.4 is 5.32 Å². The molecule has 0 atom stereocenters. The number of aromatic nitrogens is 2. The summed E-state index contributed by atoms with van der Waals surface area (Å²) in [6.07, 6.45) is 2.00. The van der Waals surface area contributed by atoms with Gasteiger partial charge in [0.15, 0.2) is 0 Å². The van der Waals surface area contributed by atoms with Crippen LogP contribution in [0.1, 0.15) is 25.8 Å². The first-order chi connectivity index (χ1) is 11.8. The van der Waals surface area contributed by atoms with E-state index >= 15 is 0 Å². The van der Waals surface area contributed by atoms with Crippen molar-refractivity contribution in [2.45, 2.75) is 32.9 Å². The van der Waals surface area contributed by atoms with E-state index in [1.165, 1.54) is 5.39 Å². The molecule has 0 aliphatic rings. The smallest absolute Gasteiger partial charge is 0.234 e. The third kappa shape index (κ3) is 4.46. The second-order valence-corrected chi connectivity index (χ2v) is 8.29. The number of rotatable bonds is 5. The lowest BCUT2D eigenvalue weighted by Gasteiger charge is -2.22. The first kappa shape index (κ1) is 17.6. The van der Waals surface area contributed by atoms with Gasteiger partial charge in [-0.25, -0.2) is 4.98 Å². The molecular weight excluding hydrogens is 332 g/mol. The number of nitrogens with one attached hydrogen (secondary N) is 2. The molecule has 0 aliphatic carbocycles. The van der Waals surface area contributed by atoms with Crippen molar-refractivity contribution in [1.82, 2.24) is 20.2 Å². The molecule has 0 aliphatic heterocycles. The lowest BCUT2D eigenvalue weighted by Crippen LogP contribution is -2.45. The van der Waals surface area contributed by atoms with Crippen molar-refractivity contribution >= 4 is 28.1 Å². The van der Waals surface area contributed by atoms with E-state index in [0.717, 1.165) is 21.8 Å². The Morgan fingerprint density at radius 1 is 1.32 bits per heavy atom. The highest BCUT2D eigenvalue weighted by Crippen LogP contribution is 2.29. The van der Waals surface area contributed by atoms with Gasteiger partial charge in [0.1, 0.15) is 5.01 Å². The number of amides is 1. The number of aromatic amines is 1. The van der Waals surface area contributed by atoms with Gasteiger partial charge in [-0.05, 0) is 33.9 Å². The number of carbonyl (C=O) groups is 1. The van der Waals surface area contributed by atoms with Gasteiger partial charge in [0.2, 0.25) is 5.91 Å². The summed E-state index contributed by atoms with van der Waals surface area (Å²) in [6, 6.07) is 8.22. The summed E-state index contributed by atoms with van der Waals surface area (Å²) in [7, 11) is 1.94. The molecule has 0 radical (unpaired) electrons. The molecule has 0 bridgehead atoms. The molecule has 1 aromatic carbocycles. The number of nitrogens with zero attached hydrogens (tertiary/aromatic N) is 2. The van der Waals surface area contributed by atoms with Crippen LogP contribution in [0.3, 0.4) is 0 Å². The van der Waals surface area contributed by atoms with E-state index in [1.807, 2.05) is 51.0 Å². The first-order valence-corrected chi connectivity index (χ1v) is 9.20. The van der Waals surface area contributed by atoms with Crippen LogP contribution in [0.15, 0.2) is 35.8 Å². The predicted octanol–water partition coefficient (Wildman–Crippen LogP) is 3.64. The summed E-state index contributed by atoms with van der Waals surface area (Å²) >= 11 is 1.63. The van der Waals surface area contributed by atoms with Gasteiger partial charge in [-0.15, -0.1) is 11.3 Å². The fraction of sp³-hybridized carbons (Fsp3) is 0.368. The normalized spacial score (nSPS) is 12.0. The summed E-state index contributed by atoms with van der Waals surface area (Å²) in [4.78, 5) is 22.0. The highest BCUT2D eigenvalue weighted by molar-refractivity contribution is 7.09. The predicted molar refractivity (Wildman–Crippen MR) is 104 cm³/mol. The van der Waals surface area contributed by atoms with Crippen LogP contribution >= 0.6 is 11.3 Å². The molecule has 0 saturated carbocycles. The van der Waals surface area contributed by atoms with Crippen molar-refractivity contribution in [2.75, 3.05) is 13.6 Å². The van der Waals surface area contributed by atoms with E-state index in [0.29, 0.717) is 13.1 Å². The van der Waals surface area contributed by atoms with Crippen molar-refractivity contribution in [3.05, 3.63) is 40.8 Å². The molecule has 3 aromatic rings. The number of hydrogen-bond donors (Lipinski definition) is 2. The number of hydrogen-bond acceptors (Lipinski definition) is 4. The van der Waals surface area contributed by atoms with Gasteiger partial charge in [-0.2, -0.15) is 0 Å². The molecule has 2 N–H and O–H groups in total. The standard InChI is InChI=1S/C19H24N4OS/c1-19(2,3)22-17(24)10-23(4)11-18-21-16(12-25-18)14-9-20-15-8-6-5-7-13(14)15/h5-9,12,20H,10-11H2,1-4H3,(H,22,24). The highest BCUT2D eigenvalue weighted by atomic mass is 32.1. The monoisotopic (exact) mass is 356 g/mol. The van der Waals surface area contributed by atoms with E-state index in [9.17, 15) is 4.79 Å². The van der Waals surface area contributed by atoms with E-state index < -0.39 is 0 Å². The Labute approximate surface area is 152 Å². The fourth-order valence-electron chi connectivity index (χ4n) is 2.78. The van der Waals surface area contributed by atoms with Crippen LogP contribution in [0.4, 0.5) is 0 Å². The average molecular weight is 356 g/mol. The topological polar surface area (TPSA) is 61.0 Å². The Morgan fingerprint density at radius 2 is 2.08 bits per heavy atom. The molecule has 132 valence electrons. The van der Waals surface area contributed by atoms with E-state index in [2.05, 4.69) is 27.8 Å². The van der Waals surface area contributed by atoms with Crippen LogP contribution in [0.25, 0.3) is 22.2 Å². The minimum Gasteiger partial charge on any atom is -0.360 e. The summed E-state index contributed by atoms with van der Waals surface area (Å²) in [6.45, 7) is 6.97. The summed E-state index contributed by atoms with van der Waals surface area (Å²) in [5.41, 5.74) is 3.00. The summed E-state index contributed by atoms with van der Waals surface area (Å²) < 4.78 is 0. The van der Waals surface area contributed by atoms with Crippen molar-refractivity contribution in [2.24, 2.45) is 0 Å². The van der Waals surface area contributed by atoms with Gasteiger partial charge in [-0.3, -0.25) is 9.69 Å². The van der Waals surface area contributed by atoms with Gasteiger partial charge in [-0.1, -0.05) is 18.2 Å². The Morgan fingerprint density at radius 3 is 2.84 bits per heavy atom. The molecule has 0 saturated heterocycles. The molecule has 6 heteroatoms. The third-order valence-electron chi connectivity index (χ3n) is 3.75. The zero-order valence-corrected chi connectivity index (χ0v) is 15.9. The lowest BCUT2D eigenvalue weighted by molar-refractivity contribution is -0.123. The van der Waals surface area contributed by atoms with Gasteiger partial charge < -0.3 is 10.3 Å². The van der Waals surface area contributed by atoms with E-state index in [4.69, 9.17) is 4.98 Å². The molecule has 0 spiro atoms. The van der Waals surface area contributed by atoms with Crippen LogP contribution in [0, 0.1) is 0 Å². The second-order valence-electron chi connectivity index (χ2n) is 7.34. The van der Waals surface area contributed by atoms with Crippen LogP contribution in [0.2, 0.25) is 0 Å².